The Labute approximate surface area is 132 Å². The molecule has 108 valence electrons. The first-order valence-electron chi connectivity index (χ1n) is 6.67. The Kier molecular flexibility index (Phi) is 3.75. The van der Waals surface area contributed by atoms with E-state index in [0.29, 0.717) is 33.6 Å². The van der Waals surface area contributed by atoms with Crippen molar-refractivity contribution < 1.29 is 0 Å². The minimum absolute atomic E-state index is 0.350. The molecule has 2 aromatic heterocycles. The van der Waals surface area contributed by atoms with Crippen molar-refractivity contribution in [3.63, 3.8) is 0 Å². The van der Waals surface area contributed by atoms with Gasteiger partial charge in [-0.15, -0.1) is 0 Å². The van der Waals surface area contributed by atoms with Gasteiger partial charge in [-0.3, -0.25) is 4.68 Å². The molecule has 0 N–H and O–H groups in total. The number of nitriles is 1. The van der Waals surface area contributed by atoms with Crippen molar-refractivity contribution in [2.45, 2.75) is 32.2 Å². The Morgan fingerprint density at radius 3 is 2.95 bits per heavy atom. The Hall–Kier alpha value is -1.77. The maximum atomic E-state index is 9.19. The van der Waals surface area contributed by atoms with Crippen LogP contribution in [0.5, 0.6) is 0 Å². The molecule has 2 aromatic rings. The summed E-state index contributed by atoms with van der Waals surface area (Å²) in [6.07, 6.45) is 4.97. The van der Waals surface area contributed by atoms with E-state index >= 15 is 0 Å². The van der Waals surface area contributed by atoms with Crippen LogP contribution in [0.3, 0.4) is 0 Å². The van der Waals surface area contributed by atoms with E-state index in [1.165, 1.54) is 6.20 Å². The highest BCUT2D eigenvalue weighted by atomic mass is 35.5. The molecular weight excluding hydrogens is 309 g/mol. The summed E-state index contributed by atoms with van der Waals surface area (Å²) in [5, 5.41) is 19.0. The second kappa shape index (κ2) is 5.55. The largest absolute Gasteiger partial charge is 0.266 e. The van der Waals surface area contributed by atoms with Crippen LogP contribution in [0, 0.1) is 11.3 Å². The van der Waals surface area contributed by atoms with Crippen LogP contribution in [-0.2, 0) is 19.4 Å². The number of halogens is 2. The van der Waals surface area contributed by atoms with Crippen LogP contribution in [0.15, 0.2) is 17.8 Å². The summed E-state index contributed by atoms with van der Waals surface area (Å²) in [7, 11) is 0. The number of fused-ring (bicyclic) bond motifs is 1. The molecule has 0 aliphatic carbocycles. The highest BCUT2D eigenvalue weighted by Gasteiger charge is 2.23. The normalized spacial score (nSPS) is 13.8. The zero-order chi connectivity index (χ0) is 15.0. The van der Waals surface area contributed by atoms with Crippen molar-refractivity contribution in [2.75, 3.05) is 0 Å². The van der Waals surface area contributed by atoms with Gasteiger partial charge in [-0.1, -0.05) is 29.8 Å². The first kappa shape index (κ1) is 14.2. The maximum Gasteiger partial charge on any atom is 0.194 e. The topological polar surface area (TPSA) is 59.4 Å². The second-order valence-corrected chi connectivity index (χ2v) is 5.90. The Morgan fingerprint density at radius 1 is 1.48 bits per heavy atom. The molecule has 0 saturated carbocycles. The van der Waals surface area contributed by atoms with Gasteiger partial charge in [-0.05, 0) is 19.3 Å². The zero-order valence-corrected chi connectivity index (χ0v) is 12.8. The Morgan fingerprint density at radius 2 is 2.29 bits per heavy atom. The lowest BCUT2D eigenvalue weighted by Crippen LogP contribution is -2.11. The Balaban J connectivity index is 2.13. The molecule has 1 aliphatic rings. The lowest BCUT2D eigenvalue weighted by atomic mass is 10.1. The molecule has 1 aliphatic heterocycles. The Bertz CT molecular complexity index is 750. The van der Waals surface area contributed by atoms with Gasteiger partial charge in [0.05, 0.1) is 23.1 Å². The highest BCUT2D eigenvalue weighted by molar-refractivity contribution is 6.33. The van der Waals surface area contributed by atoms with Crippen LogP contribution in [-0.4, -0.2) is 19.6 Å². The molecule has 0 atom stereocenters. The zero-order valence-electron chi connectivity index (χ0n) is 11.3. The molecule has 3 heterocycles. The maximum absolute atomic E-state index is 9.19. The van der Waals surface area contributed by atoms with E-state index in [2.05, 4.69) is 22.8 Å². The number of aromatic nitrogens is 4. The van der Waals surface area contributed by atoms with Gasteiger partial charge in [-0.2, -0.15) is 15.5 Å². The summed E-state index contributed by atoms with van der Waals surface area (Å²) in [5.74, 6) is 0.558. The predicted molar refractivity (Wildman–Crippen MR) is 80.7 cm³/mol. The molecule has 7 heteroatoms. The van der Waals surface area contributed by atoms with Gasteiger partial charge in [-0.25, -0.2) is 4.68 Å². The van der Waals surface area contributed by atoms with E-state index in [1.807, 2.05) is 4.68 Å². The molecular formula is C14H13Cl2N5. The molecule has 21 heavy (non-hydrogen) atoms. The molecule has 0 amide bonds. The average Bonchev–Trinajstić information content (AvgIpc) is 3.00. The molecule has 3 rings (SSSR count). The van der Waals surface area contributed by atoms with Crippen molar-refractivity contribution >= 4 is 23.2 Å². The lowest BCUT2D eigenvalue weighted by Gasteiger charge is -2.12. The predicted octanol–water partition coefficient (Wildman–Crippen LogP) is 3.23. The van der Waals surface area contributed by atoms with Gasteiger partial charge < -0.3 is 0 Å². The highest BCUT2D eigenvalue weighted by Crippen LogP contribution is 2.30. The third kappa shape index (κ3) is 2.45. The van der Waals surface area contributed by atoms with Crippen molar-refractivity contribution in [1.29, 1.82) is 5.26 Å². The average molecular weight is 322 g/mol. The van der Waals surface area contributed by atoms with E-state index in [-0.39, 0.29) is 0 Å². The minimum Gasteiger partial charge on any atom is -0.266 e. The molecule has 5 nitrogen and oxygen atoms in total. The van der Waals surface area contributed by atoms with Crippen LogP contribution in [0.1, 0.15) is 29.8 Å². The number of aryl methyl sites for hydroxylation is 1. The van der Waals surface area contributed by atoms with Gasteiger partial charge in [0.25, 0.3) is 0 Å². The number of nitrogens with zero attached hydrogens (tertiary/aromatic N) is 5. The van der Waals surface area contributed by atoms with Crippen molar-refractivity contribution in [3.8, 4) is 11.9 Å². The SMILES string of the molecule is C=C(Cl)Cc1c(C#N)cnn1-c1nn2c(c1Cl)CCCC2. The van der Waals surface area contributed by atoms with Gasteiger partial charge in [0, 0.05) is 18.0 Å². The molecule has 0 bridgehead atoms. The van der Waals surface area contributed by atoms with E-state index < -0.39 is 0 Å². The van der Waals surface area contributed by atoms with Crippen LogP contribution in [0.2, 0.25) is 5.02 Å². The van der Waals surface area contributed by atoms with Crippen molar-refractivity contribution in [1.82, 2.24) is 19.6 Å². The van der Waals surface area contributed by atoms with Gasteiger partial charge in [0.2, 0.25) is 0 Å². The molecule has 0 spiro atoms. The van der Waals surface area contributed by atoms with E-state index in [9.17, 15) is 5.26 Å². The van der Waals surface area contributed by atoms with Crippen LogP contribution in [0.25, 0.3) is 5.82 Å². The summed E-state index contributed by atoms with van der Waals surface area (Å²) in [5.41, 5.74) is 2.15. The fourth-order valence-corrected chi connectivity index (χ4v) is 3.01. The molecule has 0 fully saturated rings. The van der Waals surface area contributed by atoms with Gasteiger partial charge in [0.15, 0.2) is 5.82 Å². The van der Waals surface area contributed by atoms with Crippen LogP contribution >= 0.6 is 23.2 Å². The summed E-state index contributed by atoms with van der Waals surface area (Å²) < 4.78 is 3.52. The number of hydrogen-bond acceptors (Lipinski definition) is 3. The first-order chi connectivity index (χ1) is 10.1. The van der Waals surface area contributed by atoms with Gasteiger partial charge >= 0.3 is 0 Å². The summed E-state index contributed by atoms with van der Waals surface area (Å²) in [4.78, 5) is 0. The van der Waals surface area contributed by atoms with E-state index in [4.69, 9.17) is 23.2 Å². The fraction of sp³-hybridized carbons (Fsp3) is 0.357. The molecule has 0 unspecified atom stereocenters. The quantitative estimate of drug-likeness (QED) is 0.872. The molecule has 0 radical (unpaired) electrons. The monoisotopic (exact) mass is 321 g/mol. The first-order valence-corrected chi connectivity index (χ1v) is 7.43. The standard InChI is InChI=1S/C14H13Cl2N5/c1-9(15)6-12-10(7-17)8-18-21(12)14-13(16)11-4-2-3-5-20(11)19-14/h8H,1-6H2. The smallest absolute Gasteiger partial charge is 0.194 e. The lowest BCUT2D eigenvalue weighted by molar-refractivity contribution is 0.484. The van der Waals surface area contributed by atoms with Crippen molar-refractivity contribution in [2.24, 2.45) is 0 Å². The van der Waals surface area contributed by atoms with Crippen molar-refractivity contribution in [3.05, 3.63) is 39.8 Å². The third-order valence-corrected chi connectivity index (χ3v) is 4.08. The second-order valence-electron chi connectivity index (χ2n) is 4.99. The summed E-state index contributed by atoms with van der Waals surface area (Å²) >= 11 is 12.4. The minimum atomic E-state index is 0.350. The number of allylic oxidation sites excluding steroid dienone is 1. The molecule has 0 saturated heterocycles. The van der Waals surface area contributed by atoms with Crippen LogP contribution < -0.4 is 0 Å². The van der Waals surface area contributed by atoms with E-state index in [1.54, 1.807) is 4.68 Å². The summed E-state index contributed by atoms with van der Waals surface area (Å²) in [6.45, 7) is 4.54. The third-order valence-electron chi connectivity index (χ3n) is 3.56. The van der Waals surface area contributed by atoms with Crippen LogP contribution in [0.4, 0.5) is 0 Å². The molecule has 0 aromatic carbocycles. The summed E-state index contributed by atoms with van der Waals surface area (Å²) in [6, 6.07) is 2.11. The van der Waals surface area contributed by atoms with E-state index in [0.717, 1.165) is 31.5 Å². The van der Waals surface area contributed by atoms with Gasteiger partial charge in [0.1, 0.15) is 11.1 Å². The fourth-order valence-electron chi connectivity index (χ4n) is 2.58. The number of rotatable bonds is 3. The number of hydrogen-bond donors (Lipinski definition) is 0.